The molecule has 2 heterocycles. The molecule has 0 bridgehead atoms. The molecule has 0 saturated carbocycles. The summed E-state index contributed by atoms with van der Waals surface area (Å²) >= 11 is 0. The summed E-state index contributed by atoms with van der Waals surface area (Å²) in [5.74, 6) is 0.343. The quantitative estimate of drug-likeness (QED) is 0.576. The summed E-state index contributed by atoms with van der Waals surface area (Å²) in [4.78, 5) is 32.0. The second-order valence-corrected chi connectivity index (χ2v) is 7.36. The summed E-state index contributed by atoms with van der Waals surface area (Å²) in [6.07, 6.45) is 3.27. The Morgan fingerprint density at radius 1 is 0.875 bits per heavy atom. The van der Waals surface area contributed by atoms with Gasteiger partial charge in [0.1, 0.15) is 5.70 Å². The van der Waals surface area contributed by atoms with E-state index in [9.17, 15) is 9.59 Å². The van der Waals surface area contributed by atoms with Crippen LogP contribution in [0.4, 0.5) is 5.69 Å². The van der Waals surface area contributed by atoms with Crippen LogP contribution >= 0.6 is 0 Å². The maximum atomic E-state index is 13.4. The van der Waals surface area contributed by atoms with E-state index < -0.39 is 5.91 Å². The van der Waals surface area contributed by atoms with E-state index in [0.29, 0.717) is 28.3 Å². The fourth-order valence-corrected chi connectivity index (χ4v) is 3.55. The molecule has 32 heavy (non-hydrogen) atoms. The first-order chi connectivity index (χ1) is 15.5. The van der Waals surface area contributed by atoms with E-state index in [0.717, 1.165) is 11.1 Å². The number of ether oxygens (including phenoxy) is 2. The number of benzene rings is 2. The normalized spacial score (nSPS) is 13.5. The molecular formula is C25H23N3O4. The van der Waals surface area contributed by atoms with Gasteiger partial charge in [0.2, 0.25) is 0 Å². The number of nitrogens with one attached hydrogen (secondary N) is 1. The van der Waals surface area contributed by atoms with Crippen LogP contribution in [0.5, 0.6) is 11.5 Å². The Labute approximate surface area is 186 Å². The van der Waals surface area contributed by atoms with Gasteiger partial charge in [0.05, 0.1) is 26.3 Å². The molecule has 1 aliphatic rings. The highest BCUT2D eigenvalue weighted by Crippen LogP contribution is 2.34. The molecule has 2 aromatic carbocycles. The van der Waals surface area contributed by atoms with Crippen LogP contribution in [0, 0.1) is 6.92 Å². The number of hydrogen-bond donors (Lipinski definition) is 1. The van der Waals surface area contributed by atoms with Crippen LogP contribution in [0.1, 0.15) is 16.7 Å². The van der Waals surface area contributed by atoms with Gasteiger partial charge in [0, 0.05) is 24.1 Å². The molecule has 3 aromatic rings. The van der Waals surface area contributed by atoms with Crippen LogP contribution < -0.4 is 14.8 Å². The zero-order valence-corrected chi connectivity index (χ0v) is 18.1. The fourth-order valence-electron chi connectivity index (χ4n) is 3.55. The van der Waals surface area contributed by atoms with Crippen LogP contribution in [0.25, 0.3) is 5.57 Å². The first-order valence-electron chi connectivity index (χ1n) is 10.1. The summed E-state index contributed by atoms with van der Waals surface area (Å²) in [6, 6.07) is 16.3. The van der Waals surface area contributed by atoms with E-state index in [4.69, 9.17) is 9.47 Å². The molecule has 0 fully saturated rings. The van der Waals surface area contributed by atoms with Crippen LogP contribution in [-0.2, 0) is 16.1 Å². The van der Waals surface area contributed by atoms with Gasteiger partial charge in [-0.15, -0.1) is 0 Å². The lowest BCUT2D eigenvalue weighted by molar-refractivity contribution is -0.137. The maximum Gasteiger partial charge on any atom is 0.278 e. The number of amides is 2. The van der Waals surface area contributed by atoms with E-state index in [1.165, 1.54) is 4.90 Å². The van der Waals surface area contributed by atoms with Gasteiger partial charge in [0.25, 0.3) is 11.8 Å². The van der Waals surface area contributed by atoms with Gasteiger partial charge in [-0.1, -0.05) is 29.8 Å². The topological polar surface area (TPSA) is 80.8 Å². The van der Waals surface area contributed by atoms with Crippen molar-refractivity contribution in [3.8, 4) is 11.5 Å². The minimum Gasteiger partial charge on any atom is -0.493 e. The molecule has 0 spiro atoms. The number of carbonyl (C=O) groups excluding carboxylic acids is 2. The zero-order valence-electron chi connectivity index (χ0n) is 18.1. The van der Waals surface area contributed by atoms with Gasteiger partial charge in [-0.25, -0.2) is 0 Å². The molecule has 1 aliphatic heterocycles. The van der Waals surface area contributed by atoms with E-state index in [1.54, 1.807) is 56.9 Å². The Bertz CT molecular complexity index is 1190. The number of methoxy groups -OCH3 is 2. The molecule has 162 valence electrons. The lowest BCUT2D eigenvalue weighted by Crippen LogP contribution is -2.32. The molecule has 2 amide bonds. The van der Waals surface area contributed by atoms with Crippen molar-refractivity contribution < 1.29 is 19.1 Å². The average Bonchev–Trinajstić information content (AvgIpc) is 3.04. The molecular weight excluding hydrogens is 406 g/mol. The molecule has 0 saturated heterocycles. The highest BCUT2D eigenvalue weighted by atomic mass is 16.5. The van der Waals surface area contributed by atoms with Gasteiger partial charge in [-0.2, -0.15) is 0 Å². The number of rotatable bonds is 7. The van der Waals surface area contributed by atoms with Crippen molar-refractivity contribution >= 4 is 23.1 Å². The minimum atomic E-state index is -0.392. The summed E-state index contributed by atoms with van der Waals surface area (Å²) in [6.45, 7) is 2.13. The third-order valence-corrected chi connectivity index (χ3v) is 5.25. The van der Waals surface area contributed by atoms with Crippen molar-refractivity contribution in [1.82, 2.24) is 9.88 Å². The third kappa shape index (κ3) is 4.05. The number of aromatic nitrogens is 1. The predicted octanol–water partition coefficient (Wildman–Crippen LogP) is 3.80. The van der Waals surface area contributed by atoms with Crippen molar-refractivity contribution in [1.29, 1.82) is 0 Å². The van der Waals surface area contributed by atoms with Gasteiger partial charge < -0.3 is 14.8 Å². The van der Waals surface area contributed by atoms with Gasteiger partial charge in [0.15, 0.2) is 11.5 Å². The smallest absolute Gasteiger partial charge is 0.278 e. The number of carbonyl (C=O) groups is 2. The first-order valence-corrected chi connectivity index (χ1v) is 10.1. The molecule has 0 unspecified atom stereocenters. The van der Waals surface area contributed by atoms with Crippen molar-refractivity contribution in [3.63, 3.8) is 0 Å². The Morgan fingerprint density at radius 2 is 1.56 bits per heavy atom. The molecule has 1 N–H and O–H groups in total. The number of anilines is 1. The van der Waals surface area contributed by atoms with Crippen molar-refractivity contribution in [3.05, 3.63) is 89.4 Å². The summed E-state index contributed by atoms with van der Waals surface area (Å²) in [5, 5.41) is 3.15. The van der Waals surface area contributed by atoms with E-state index in [1.807, 2.05) is 31.2 Å². The zero-order chi connectivity index (χ0) is 22.7. The number of pyridine rings is 1. The second-order valence-electron chi connectivity index (χ2n) is 7.36. The highest BCUT2D eigenvalue weighted by molar-refractivity contribution is 6.36. The molecule has 0 radical (unpaired) electrons. The molecule has 1 aromatic heterocycles. The van der Waals surface area contributed by atoms with Crippen LogP contribution in [-0.4, -0.2) is 35.9 Å². The van der Waals surface area contributed by atoms with Gasteiger partial charge in [-0.3, -0.25) is 19.5 Å². The molecule has 7 nitrogen and oxygen atoms in total. The summed E-state index contributed by atoms with van der Waals surface area (Å²) in [7, 11) is 3.10. The van der Waals surface area contributed by atoms with Crippen LogP contribution in [0.2, 0.25) is 0 Å². The summed E-state index contributed by atoms with van der Waals surface area (Å²) in [5.41, 5.74) is 3.72. The standard InChI is InChI=1S/C25H23N3O4/c1-16-4-6-18(7-5-16)22-23(27-19-8-9-20(31-2)21(14-19)32-3)25(30)28(24(22)29)15-17-10-12-26-13-11-17/h4-14,27H,15H2,1-3H3. The third-order valence-electron chi connectivity index (χ3n) is 5.25. The largest absolute Gasteiger partial charge is 0.493 e. The summed E-state index contributed by atoms with van der Waals surface area (Å²) < 4.78 is 10.7. The SMILES string of the molecule is COc1ccc(NC2=C(c3ccc(C)cc3)C(=O)N(Cc3ccncc3)C2=O)cc1OC. The highest BCUT2D eigenvalue weighted by Gasteiger charge is 2.39. The van der Waals surface area contributed by atoms with Crippen molar-refractivity contribution in [2.45, 2.75) is 13.5 Å². The number of hydrogen-bond acceptors (Lipinski definition) is 6. The Kier molecular flexibility index (Phi) is 5.89. The van der Waals surface area contributed by atoms with Crippen LogP contribution in [0.3, 0.4) is 0 Å². The predicted molar refractivity (Wildman–Crippen MR) is 121 cm³/mol. The Hall–Kier alpha value is -4.13. The molecule has 7 heteroatoms. The van der Waals surface area contributed by atoms with Gasteiger partial charge in [-0.05, 0) is 42.3 Å². The second kappa shape index (κ2) is 8.93. The van der Waals surface area contributed by atoms with E-state index in [2.05, 4.69) is 10.3 Å². The average molecular weight is 429 g/mol. The first kappa shape index (κ1) is 21.1. The Morgan fingerprint density at radius 3 is 2.22 bits per heavy atom. The molecule has 0 aliphatic carbocycles. The number of imide groups is 1. The number of nitrogens with zero attached hydrogens (tertiary/aromatic N) is 2. The van der Waals surface area contributed by atoms with E-state index >= 15 is 0 Å². The van der Waals surface area contributed by atoms with Crippen LogP contribution in [0.15, 0.2) is 72.7 Å². The van der Waals surface area contributed by atoms with Crippen molar-refractivity contribution in [2.75, 3.05) is 19.5 Å². The maximum absolute atomic E-state index is 13.4. The van der Waals surface area contributed by atoms with E-state index in [-0.39, 0.29) is 18.1 Å². The minimum absolute atomic E-state index is 0.159. The molecule has 0 atom stereocenters. The number of aryl methyl sites for hydroxylation is 1. The fraction of sp³-hybridized carbons (Fsp3) is 0.160. The Balaban J connectivity index is 1.74. The van der Waals surface area contributed by atoms with Crippen molar-refractivity contribution in [2.24, 2.45) is 0 Å². The monoisotopic (exact) mass is 429 g/mol. The lowest BCUT2D eigenvalue weighted by atomic mass is 10.0. The van der Waals surface area contributed by atoms with Gasteiger partial charge >= 0.3 is 0 Å². The lowest BCUT2D eigenvalue weighted by Gasteiger charge is -2.15. The molecule has 4 rings (SSSR count).